The summed E-state index contributed by atoms with van der Waals surface area (Å²) in [7, 11) is -2.89. The van der Waals surface area contributed by atoms with Crippen LogP contribution >= 0.6 is 0 Å². The Morgan fingerprint density at radius 2 is 1.70 bits per heavy atom. The van der Waals surface area contributed by atoms with Crippen molar-refractivity contribution in [2.24, 2.45) is 11.8 Å². The maximum Gasteiger partial charge on any atom is 0.293 e. The number of carbonyl (C=O) groups excluding carboxylic acids is 1. The molecule has 0 radical (unpaired) electrons. The number of pyridine rings is 1. The van der Waals surface area contributed by atoms with Gasteiger partial charge in [-0.15, -0.1) is 0 Å². The van der Waals surface area contributed by atoms with Crippen molar-refractivity contribution in [1.29, 1.82) is 0 Å². The largest absolute Gasteiger partial charge is 0.497 e. The molecule has 386 valence electrons. The molecule has 6 aromatic rings. The molecule has 1 atom stereocenters. The molecule has 4 heterocycles. The minimum Gasteiger partial charge on any atom is -0.497 e. The van der Waals surface area contributed by atoms with Crippen molar-refractivity contribution in [3.63, 3.8) is 0 Å². The maximum absolute atomic E-state index is 14.1. The summed E-state index contributed by atoms with van der Waals surface area (Å²) in [5.41, 5.74) is 4.58. The third-order valence-corrected chi connectivity index (χ3v) is 16.5. The Morgan fingerprint density at radius 1 is 0.932 bits per heavy atom. The summed E-state index contributed by atoms with van der Waals surface area (Å²) in [5.74, 6) is 1.54. The lowest BCUT2D eigenvalue weighted by molar-refractivity contribution is -0.384. The number of nitrogens with zero attached hydrogens (tertiary/aromatic N) is 5. The van der Waals surface area contributed by atoms with Crippen LogP contribution in [0.15, 0.2) is 114 Å². The number of hydrogen-bond acceptors (Lipinski definition) is 13. The number of aromatic amines is 1. The average Bonchev–Trinajstić information content (AvgIpc) is 3.86. The van der Waals surface area contributed by atoms with Gasteiger partial charge in [-0.25, -0.2) is 18.1 Å². The fourth-order valence-electron chi connectivity index (χ4n) is 10.8. The van der Waals surface area contributed by atoms with Crippen LogP contribution in [0.5, 0.6) is 17.2 Å². The Kier molecular flexibility index (Phi) is 15.7. The topological polar surface area (TPSA) is 195 Å². The van der Waals surface area contributed by atoms with Crippen LogP contribution in [0.4, 0.5) is 17.1 Å². The number of piperidine rings is 1. The van der Waals surface area contributed by atoms with Crippen LogP contribution in [0.25, 0.3) is 11.0 Å². The molecule has 2 saturated heterocycles. The third-order valence-electron chi connectivity index (χ3n) is 15.2. The highest BCUT2D eigenvalue weighted by Crippen LogP contribution is 2.38. The first kappa shape index (κ1) is 51.4. The van der Waals surface area contributed by atoms with Gasteiger partial charge in [0, 0.05) is 81.3 Å². The van der Waals surface area contributed by atoms with E-state index in [9.17, 15) is 28.4 Å². The van der Waals surface area contributed by atoms with E-state index in [-0.39, 0.29) is 29.0 Å². The van der Waals surface area contributed by atoms with Crippen molar-refractivity contribution in [2.45, 2.75) is 94.7 Å². The van der Waals surface area contributed by atoms with Crippen molar-refractivity contribution in [3.05, 3.63) is 142 Å². The molecule has 16 nitrogen and oxygen atoms in total. The predicted octanol–water partition coefficient (Wildman–Crippen LogP) is 10.0. The number of sulfonamides is 1. The minimum absolute atomic E-state index is 0.0340. The van der Waals surface area contributed by atoms with E-state index < -0.39 is 37.0 Å². The van der Waals surface area contributed by atoms with Crippen LogP contribution < -0.4 is 24.4 Å². The second kappa shape index (κ2) is 22.3. The molecule has 0 bridgehead atoms. The SMILES string of the molecule is COc1ccc(CN2CCN(CCC3CCN(c4ccc(C(=O)NS(=O)(=O)c5ccc(NC[C@H]6CC[C@](C)(O)CC6)c([N+](=O)[O-])c5)c(Oc5cnc6[nH]ccc6c5)c4)CC3)[C@@H](c3ccccc3C(C)C)C2)cc1. The highest BCUT2D eigenvalue weighted by molar-refractivity contribution is 7.90. The summed E-state index contributed by atoms with van der Waals surface area (Å²) in [4.78, 5) is 40.3. The smallest absolute Gasteiger partial charge is 0.293 e. The predicted molar refractivity (Wildman–Crippen MR) is 284 cm³/mol. The number of piperazine rings is 1. The number of hydrogen-bond donors (Lipinski definition) is 4. The zero-order valence-corrected chi connectivity index (χ0v) is 43.1. The zero-order chi connectivity index (χ0) is 51.3. The Bertz CT molecular complexity index is 3000. The van der Waals surface area contributed by atoms with Gasteiger partial charge in [-0.05, 0) is 141 Å². The van der Waals surface area contributed by atoms with Crippen LogP contribution in [-0.4, -0.2) is 103 Å². The number of benzene rings is 4. The standard InChI is InChI=1S/C56H68N8O8S/c1-38(2)47-7-5-6-8-48(47)52-37-61(36-41-9-12-44(71-4)13-10-41)29-30-63(52)28-22-39-20-26-62(27-21-39)43-11-15-49(53(32-43)72-45-31-42-19-25-57-54(42)59-35-45)55(65)60-73(69,70)46-14-16-50(51(33-46)64(67)68)58-34-40-17-23-56(3,66)24-18-40/h5-16,19,25,31-33,35,38-40,52,58,66H,17-18,20-24,26-30,34,36-37H2,1-4H3,(H,57,59)(H,60,65)/t40-,52-,56-/m1/s1. The Labute approximate surface area is 428 Å². The molecule has 17 heteroatoms. The number of carbonyl (C=O) groups is 1. The highest BCUT2D eigenvalue weighted by Gasteiger charge is 2.33. The van der Waals surface area contributed by atoms with Gasteiger partial charge in [0.1, 0.15) is 28.6 Å². The molecule has 9 rings (SSSR count). The molecule has 4 N–H and O–H groups in total. The fraction of sp³-hybridized carbons (Fsp3) is 0.429. The van der Waals surface area contributed by atoms with Gasteiger partial charge >= 0.3 is 0 Å². The molecule has 3 fully saturated rings. The summed E-state index contributed by atoms with van der Waals surface area (Å²) >= 11 is 0. The van der Waals surface area contributed by atoms with Gasteiger partial charge in [0.2, 0.25) is 0 Å². The molecule has 1 aliphatic carbocycles. The molecule has 1 saturated carbocycles. The van der Waals surface area contributed by atoms with E-state index in [1.54, 1.807) is 31.5 Å². The van der Waals surface area contributed by atoms with E-state index in [0.29, 0.717) is 42.6 Å². The van der Waals surface area contributed by atoms with Crippen LogP contribution in [0.1, 0.15) is 105 Å². The Morgan fingerprint density at radius 3 is 2.44 bits per heavy atom. The Hall–Kier alpha value is -6.53. The molecule has 0 spiro atoms. The monoisotopic (exact) mass is 1010 g/mol. The number of rotatable bonds is 18. The van der Waals surface area contributed by atoms with Crippen LogP contribution in [0.2, 0.25) is 0 Å². The second-order valence-electron chi connectivity index (χ2n) is 20.7. The number of fused-ring (bicyclic) bond motifs is 1. The van der Waals surface area contributed by atoms with Gasteiger partial charge in [-0.3, -0.25) is 24.7 Å². The first-order valence-electron chi connectivity index (χ1n) is 25.6. The van der Waals surface area contributed by atoms with Gasteiger partial charge in [-0.2, -0.15) is 0 Å². The molecule has 73 heavy (non-hydrogen) atoms. The molecular weight excluding hydrogens is 945 g/mol. The van der Waals surface area contributed by atoms with E-state index in [1.165, 1.54) is 35.0 Å². The van der Waals surface area contributed by atoms with E-state index in [1.807, 2.05) is 31.2 Å². The number of nitro groups is 1. The molecule has 1 amide bonds. The summed E-state index contributed by atoms with van der Waals surface area (Å²) < 4.78 is 41.6. The number of nitro benzene ring substituents is 1. The maximum atomic E-state index is 14.1. The van der Waals surface area contributed by atoms with Gasteiger partial charge < -0.3 is 29.8 Å². The van der Waals surface area contributed by atoms with Crippen molar-refractivity contribution >= 4 is 44.0 Å². The van der Waals surface area contributed by atoms with Gasteiger partial charge in [0.25, 0.3) is 21.6 Å². The number of nitrogens with one attached hydrogen (secondary N) is 3. The second-order valence-corrected chi connectivity index (χ2v) is 22.4. The molecule has 3 aliphatic rings. The van der Waals surface area contributed by atoms with Crippen LogP contribution in [-0.2, 0) is 16.6 Å². The van der Waals surface area contributed by atoms with E-state index in [4.69, 9.17) is 9.47 Å². The number of H-pyrrole nitrogens is 1. The summed E-state index contributed by atoms with van der Waals surface area (Å²) in [6.07, 6.45) is 9.14. The first-order valence-corrected chi connectivity index (χ1v) is 27.1. The number of methoxy groups -OCH3 is 1. The Balaban J connectivity index is 0.874. The normalized spacial score (nSPS) is 20.3. The number of ether oxygens (including phenoxy) is 2. The van der Waals surface area contributed by atoms with Crippen molar-refractivity contribution < 1.29 is 32.7 Å². The number of aromatic nitrogens is 2. The van der Waals surface area contributed by atoms with Gasteiger partial charge in [0.15, 0.2) is 0 Å². The van der Waals surface area contributed by atoms with E-state index in [2.05, 4.69) is 85.0 Å². The van der Waals surface area contributed by atoms with Crippen molar-refractivity contribution in [1.82, 2.24) is 24.5 Å². The molecule has 2 aliphatic heterocycles. The van der Waals surface area contributed by atoms with Crippen LogP contribution in [0, 0.1) is 22.0 Å². The third kappa shape index (κ3) is 12.5. The van der Waals surface area contributed by atoms with Gasteiger partial charge in [-0.1, -0.05) is 50.2 Å². The quantitative estimate of drug-likeness (QED) is 0.0470. The van der Waals surface area contributed by atoms with Gasteiger partial charge in [0.05, 0.1) is 34.3 Å². The average molecular weight is 1010 g/mol. The lowest BCUT2D eigenvalue weighted by Crippen LogP contribution is -2.49. The number of anilines is 2. The minimum atomic E-state index is -4.59. The number of aliphatic hydroxyl groups is 1. The van der Waals surface area contributed by atoms with Crippen molar-refractivity contribution in [2.75, 3.05) is 63.1 Å². The molecule has 2 aromatic heterocycles. The number of amides is 1. The van der Waals surface area contributed by atoms with E-state index >= 15 is 0 Å². The summed E-state index contributed by atoms with van der Waals surface area (Å²) in [6, 6.07) is 29.9. The lowest BCUT2D eigenvalue weighted by Gasteiger charge is -2.43. The fourth-order valence-corrected chi connectivity index (χ4v) is 11.8. The highest BCUT2D eigenvalue weighted by atomic mass is 32.2. The molecular formula is C56H68N8O8S. The van der Waals surface area contributed by atoms with E-state index in [0.717, 1.165) is 101 Å². The summed E-state index contributed by atoms with van der Waals surface area (Å²) in [6.45, 7) is 13.2. The van der Waals surface area contributed by atoms with Crippen LogP contribution in [0.3, 0.4) is 0 Å². The molecule has 0 unspecified atom stereocenters. The zero-order valence-electron chi connectivity index (χ0n) is 42.3. The summed E-state index contributed by atoms with van der Waals surface area (Å²) in [5, 5.41) is 26.5. The molecule has 4 aromatic carbocycles. The lowest BCUT2D eigenvalue weighted by atomic mass is 9.80. The van der Waals surface area contributed by atoms with Crippen molar-refractivity contribution in [3.8, 4) is 17.2 Å². The first-order chi connectivity index (χ1) is 35.1.